The average molecular weight is 323 g/mol. The van der Waals surface area contributed by atoms with E-state index < -0.39 is 9.84 Å². The molecular formula is C15H21N3O3S. The SMILES string of the molecule is Cc1cccc(C(=O)N2CCN([C@@H]3CCS(=O)(=O)C3)CC2)n1. The van der Waals surface area contributed by atoms with Crippen molar-refractivity contribution < 1.29 is 13.2 Å². The van der Waals surface area contributed by atoms with Crippen LogP contribution in [0.25, 0.3) is 0 Å². The van der Waals surface area contributed by atoms with Crippen LogP contribution in [0.4, 0.5) is 0 Å². The minimum Gasteiger partial charge on any atom is -0.335 e. The van der Waals surface area contributed by atoms with Gasteiger partial charge in [0.05, 0.1) is 11.5 Å². The molecule has 1 amide bonds. The van der Waals surface area contributed by atoms with E-state index in [-0.39, 0.29) is 17.7 Å². The fraction of sp³-hybridized carbons (Fsp3) is 0.600. The van der Waals surface area contributed by atoms with Gasteiger partial charge in [-0.25, -0.2) is 13.4 Å². The number of aryl methyl sites for hydroxylation is 1. The Morgan fingerprint density at radius 3 is 2.55 bits per heavy atom. The van der Waals surface area contributed by atoms with Gasteiger partial charge in [-0.1, -0.05) is 6.07 Å². The summed E-state index contributed by atoms with van der Waals surface area (Å²) < 4.78 is 23.1. The fourth-order valence-electron chi connectivity index (χ4n) is 3.18. The van der Waals surface area contributed by atoms with Crippen LogP contribution in [0.15, 0.2) is 18.2 Å². The van der Waals surface area contributed by atoms with Gasteiger partial charge >= 0.3 is 0 Å². The Morgan fingerprint density at radius 2 is 1.95 bits per heavy atom. The summed E-state index contributed by atoms with van der Waals surface area (Å²) in [6, 6.07) is 5.58. The van der Waals surface area contributed by atoms with E-state index in [1.807, 2.05) is 24.0 Å². The maximum Gasteiger partial charge on any atom is 0.272 e. The first-order valence-electron chi connectivity index (χ1n) is 7.62. The van der Waals surface area contributed by atoms with Crippen LogP contribution in [0.5, 0.6) is 0 Å². The van der Waals surface area contributed by atoms with Crippen molar-refractivity contribution in [3.63, 3.8) is 0 Å². The summed E-state index contributed by atoms with van der Waals surface area (Å²) >= 11 is 0. The molecule has 0 unspecified atom stereocenters. The Balaban J connectivity index is 1.59. The van der Waals surface area contributed by atoms with Gasteiger partial charge in [-0.05, 0) is 25.5 Å². The second kappa shape index (κ2) is 5.96. The smallest absolute Gasteiger partial charge is 0.272 e. The Bertz CT molecular complexity index is 666. The van der Waals surface area contributed by atoms with Crippen molar-refractivity contribution in [2.24, 2.45) is 0 Å². The highest BCUT2D eigenvalue weighted by molar-refractivity contribution is 7.91. The summed E-state index contributed by atoms with van der Waals surface area (Å²) in [4.78, 5) is 20.7. The first kappa shape index (κ1) is 15.4. The molecule has 7 heteroatoms. The number of amides is 1. The van der Waals surface area contributed by atoms with Gasteiger partial charge < -0.3 is 4.90 Å². The van der Waals surface area contributed by atoms with Crippen LogP contribution in [0.1, 0.15) is 22.6 Å². The molecule has 2 aliphatic heterocycles. The number of pyridine rings is 1. The first-order chi connectivity index (χ1) is 10.4. The van der Waals surface area contributed by atoms with Gasteiger partial charge in [0.1, 0.15) is 5.69 Å². The minimum absolute atomic E-state index is 0.0395. The van der Waals surface area contributed by atoms with Crippen molar-refractivity contribution in [3.8, 4) is 0 Å². The molecule has 22 heavy (non-hydrogen) atoms. The first-order valence-corrected chi connectivity index (χ1v) is 9.44. The predicted octanol–water partition coefficient (Wildman–Crippen LogP) is 0.335. The number of carbonyl (C=O) groups is 1. The van der Waals surface area contributed by atoms with Crippen LogP contribution in [0, 0.1) is 6.92 Å². The van der Waals surface area contributed by atoms with Gasteiger partial charge in [-0.2, -0.15) is 0 Å². The third-order valence-electron chi connectivity index (χ3n) is 4.43. The molecule has 0 aliphatic carbocycles. The summed E-state index contributed by atoms with van der Waals surface area (Å²) in [5.41, 5.74) is 1.32. The maximum absolute atomic E-state index is 12.4. The number of aromatic nitrogens is 1. The molecule has 0 bridgehead atoms. The molecule has 0 N–H and O–H groups in total. The summed E-state index contributed by atoms with van der Waals surface area (Å²) in [6.45, 7) is 4.60. The van der Waals surface area contributed by atoms with Crippen molar-refractivity contribution in [3.05, 3.63) is 29.6 Å². The molecular weight excluding hydrogens is 302 g/mol. The number of hydrogen-bond acceptors (Lipinski definition) is 5. The van der Waals surface area contributed by atoms with E-state index in [1.165, 1.54) is 0 Å². The minimum atomic E-state index is -2.85. The quantitative estimate of drug-likeness (QED) is 0.785. The molecule has 120 valence electrons. The summed E-state index contributed by atoms with van der Waals surface area (Å²) in [7, 11) is -2.85. The topological polar surface area (TPSA) is 70.6 Å². The Morgan fingerprint density at radius 1 is 1.23 bits per heavy atom. The zero-order valence-corrected chi connectivity index (χ0v) is 13.6. The molecule has 1 atom stereocenters. The highest BCUT2D eigenvalue weighted by Crippen LogP contribution is 2.19. The lowest BCUT2D eigenvalue weighted by molar-refractivity contribution is 0.0582. The average Bonchev–Trinajstić information content (AvgIpc) is 2.87. The van der Waals surface area contributed by atoms with E-state index in [9.17, 15) is 13.2 Å². The standard InChI is InChI=1S/C15H21N3O3S/c1-12-3-2-4-14(16-12)15(19)18-8-6-17(7-9-18)13-5-10-22(20,21)11-13/h2-4,13H,5-11H2,1H3/t13-/m1/s1. The number of rotatable bonds is 2. The lowest BCUT2D eigenvalue weighted by Gasteiger charge is -2.37. The van der Waals surface area contributed by atoms with Gasteiger partial charge in [-0.15, -0.1) is 0 Å². The van der Waals surface area contributed by atoms with Crippen LogP contribution in [-0.2, 0) is 9.84 Å². The number of piperazine rings is 1. The van der Waals surface area contributed by atoms with E-state index >= 15 is 0 Å². The van der Waals surface area contributed by atoms with Crippen LogP contribution in [0.2, 0.25) is 0 Å². The van der Waals surface area contributed by atoms with Gasteiger partial charge in [0.25, 0.3) is 5.91 Å². The molecule has 0 saturated carbocycles. The second-order valence-corrected chi connectivity index (χ2v) is 8.28. The molecule has 2 aliphatic rings. The number of nitrogens with zero attached hydrogens (tertiary/aromatic N) is 3. The number of sulfone groups is 1. The summed E-state index contributed by atoms with van der Waals surface area (Å²) in [6.07, 6.45) is 0.718. The number of carbonyl (C=O) groups excluding carboxylic acids is 1. The van der Waals surface area contributed by atoms with E-state index in [0.29, 0.717) is 24.5 Å². The summed E-state index contributed by atoms with van der Waals surface area (Å²) in [5.74, 6) is 0.520. The van der Waals surface area contributed by atoms with Crippen LogP contribution in [-0.4, -0.2) is 72.8 Å². The molecule has 0 aromatic carbocycles. The molecule has 3 heterocycles. The number of hydrogen-bond donors (Lipinski definition) is 0. The largest absolute Gasteiger partial charge is 0.335 e. The van der Waals surface area contributed by atoms with Crippen molar-refractivity contribution in [2.75, 3.05) is 37.7 Å². The summed E-state index contributed by atoms with van der Waals surface area (Å²) in [5, 5.41) is 0. The maximum atomic E-state index is 12.4. The van der Waals surface area contributed by atoms with E-state index in [4.69, 9.17) is 0 Å². The molecule has 0 radical (unpaired) electrons. The van der Waals surface area contributed by atoms with Crippen molar-refractivity contribution in [1.82, 2.24) is 14.8 Å². The Hall–Kier alpha value is -1.47. The molecule has 1 aromatic heterocycles. The van der Waals surface area contributed by atoms with Crippen LogP contribution >= 0.6 is 0 Å². The third-order valence-corrected chi connectivity index (χ3v) is 6.18. The highest BCUT2D eigenvalue weighted by Gasteiger charge is 2.34. The van der Waals surface area contributed by atoms with Gasteiger partial charge in [0.2, 0.25) is 0 Å². The lowest BCUT2D eigenvalue weighted by atomic mass is 10.2. The zero-order valence-electron chi connectivity index (χ0n) is 12.7. The van der Waals surface area contributed by atoms with Gasteiger partial charge in [0.15, 0.2) is 9.84 Å². The zero-order chi connectivity index (χ0) is 15.7. The highest BCUT2D eigenvalue weighted by atomic mass is 32.2. The van der Waals surface area contributed by atoms with E-state index in [0.717, 1.165) is 25.2 Å². The molecule has 2 saturated heterocycles. The second-order valence-electron chi connectivity index (χ2n) is 6.05. The van der Waals surface area contributed by atoms with Crippen LogP contribution < -0.4 is 0 Å². The monoisotopic (exact) mass is 323 g/mol. The Kier molecular flexibility index (Phi) is 4.18. The molecule has 3 rings (SSSR count). The molecule has 1 aromatic rings. The molecule has 0 spiro atoms. The van der Waals surface area contributed by atoms with E-state index in [1.54, 1.807) is 6.07 Å². The van der Waals surface area contributed by atoms with Crippen molar-refractivity contribution in [2.45, 2.75) is 19.4 Å². The lowest BCUT2D eigenvalue weighted by Crippen LogP contribution is -2.52. The third kappa shape index (κ3) is 3.30. The molecule has 6 nitrogen and oxygen atoms in total. The normalized spacial score (nSPS) is 25.3. The van der Waals surface area contributed by atoms with Crippen LogP contribution in [0.3, 0.4) is 0 Å². The van der Waals surface area contributed by atoms with Gasteiger partial charge in [0, 0.05) is 37.9 Å². The van der Waals surface area contributed by atoms with Gasteiger partial charge in [-0.3, -0.25) is 9.69 Å². The predicted molar refractivity (Wildman–Crippen MR) is 83.5 cm³/mol. The van der Waals surface area contributed by atoms with Crippen molar-refractivity contribution >= 4 is 15.7 Å². The van der Waals surface area contributed by atoms with Crippen molar-refractivity contribution in [1.29, 1.82) is 0 Å². The van der Waals surface area contributed by atoms with E-state index in [2.05, 4.69) is 9.88 Å². The molecule has 2 fully saturated rings. The fourth-order valence-corrected chi connectivity index (χ4v) is 4.94. The Labute approximate surface area is 131 Å².